The lowest BCUT2D eigenvalue weighted by Crippen LogP contribution is -2.02. The molecule has 6 aromatic rings. The summed E-state index contributed by atoms with van der Waals surface area (Å²) >= 11 is 0. The zero-order valence-electron chi connectivity index (χ0n) is 15.0. The van der Waals surface area contributed by atoms with E-state index in [4.69, 9.17) is 0 Å². The second-order valence-electron chi connectivity index (χ2n) is 7.13. The number of nitrogens with one attached hydrogen (secondary N) is 2. The van der Waals surface area contributed by atoms with Gasteiger partial charge in [-0.1, -0.05) is 60.7 Å². The lowest BCUT2D eigenvalue weighted by atomic mass is 9.95. The standard InChI is InChI=1S/C25H16N2O/c28-25(17-9-5-13-21-23(17)15-7-1-3-11-19(15)26-21)18-10-6-14-22-24(18)16-8-2-4-12-20(16)27-22/h1-14,26-27H. The predicted molar refractivity (Wildman–Crippen MR) is 115 cm³/mol. The largest absolute Gasteiger partial charge is 0.354 e. The SMILES string of the molecule is O=C(c1cccc2[nH]c3ccccc3c12)c1cccc2[nH]c3ccccc3c12. The third kappa shape index (κ3) is 2.01. The van der Waals surface area contributed by atoms with Gasteiger partial charge in [0.25, 0.3) is 0 Å². The molecule has 0 unspecified atom stereocenters. The van der Waals surface area contributed by atoms with E-state index in [1.54, 1.807) is 0 Å². The monoisotopic (exact) mass is 360 g/mol. The van der Waals surface area contributed by atoms with Crippen molar-refractivity contribution in [1.82, 2.24) is 9.97 Å². The zero-order valence-corrected chi connectivity index (χ0v) is 15.0. The highest BCUT2D eigenvalue weighted by Gasteiger charge is 2.19. The number of carbonyl (C=O) groups excluding carboxylic acids is 1. The topological polar surface area (TPSA) is 48.6 Å². The van der Waals surface area contributed by atoms with E-state index >= 15 is 0 Å². The number of benzene rings is 4. The van der Waals surface area contributed by atoms with Crippen LogP contribution in [0.15, 0.2) is 84.9 Å². The second-order valence-corrected chi connectivity index (χ2v) is 7.13. The van der Waals surface area contributed by atoms with Gasteiger partial charge in [-0.15, -0.1) is 0 Å². The third-order valence-corrected chi connectivity index (χ3v) is 5.55. The van der Waals surface area contributed by atoms with Crippen molar-refractivity contribution in [2.75, 3.05) is 0 Å². The van der Waals surface area contributed by atoms with Crippen LogP contribution in [0.2, 0.25) is 0 Å². The van der Waals surface area contributed by atoms with Crippen molar-refractivity contribution >= 4 is 49.4 Å². The van der Waals surface area contributed by atoms with Crippen LogP contribution in [0.1, 0.15) is 15.9 Å². The van der Waals surface area contributed by atoms with E-state index in [9.17, 15) is 4.79 Å². The van der Waals surface area contributed by atoms with Gasteiger partial charge in [0.15, 0.2) is 5.78 Å². The maximum atomic E-state index is 13.7. The van der Waals surface area contributed by atoms with Gasteiger partial charge in [0, 0.05) is 54.7 Å². The lowest BCUT2D eigenvalue weighted by molar-refractivity contribution is 0.104. The molecule has 0 bridgehead atoms. The first kappa shape index (κ1) is 15.2. The predicted octanol–water partition coefficient (Wildman–Crippen LogP) is 6.19. The summed E-state index contributed by atoms with van der Waals surface area (Å²) in [6.45, 7) is 0. The van der Waals surface area contributed by atoms with Crippen molar-refractivity contribution in [2.24, 2.45) is 0 Å². The highest BCUT2D eigenvalue weighted by molar-refractivity contribution is 6.28. The molecule has 4 aromatic carbocycles. The Morgan fingerprint density at radius 3 is 1.43 bits per heavy atom. The van der Waals surface area contributed by atoms with Crippen molar-refractivity contribution in [2.45, 2.75) is 0 Å². The molecule has 2 aromatic heterocycles. The average molecular weight is 360 g/mol. The van der Waals surface area contributed by atoms with Crippen LogP contribution in [0.3, 0.4) is 0 Å². The number of para-hydroxylation sites is 2. The number of hydrogen-bond acceptors (Lipinski definition) is 1. The molecule has 0 spiro atoms. The Labute approximate surface area is 160 Å². The molecule has 0 saturated heterocycles. The summed E-state index contributed by atoms with van der Waals surface area (Å²) in [5.74, 6) is 0.0470. The van der Waals surface area contributed by atoms with Crippen LogP contribution >= 0.6 is 0 Å². The number of aromatic amines is 2. The van der Waals surface area contributed by atoms with Gasteiger partial charge in [-0.2, -0.15) is 0 Å². The van der Waals surface area contributed by atoms with Gasteiger partial charge >= 0.3 is 0 Å². The van der Waals surface area contributed by atoms with Crippen molar-refractivity contribution in [1.29, 1.82) is 0 Å². The van der Waals surface area contributed by atoms with Crippen LogP contribution in [-0.4, -0.2) is 15.8 Å². The normalized spacial score (nSPS) is 11.7. The number of rotatable bonds is 2. The number of H-pyrrole nitrogens is 2. The molecule has 2 heterocycles. The Hall–Kier alpha value is -3.85. The Kier molecular flexibility index (Phi) is 3.03. The van der Waals surface area contributed by atoms with Crippen LogP contribution in [0.4, 0.5) is 0 Å². The zero-order chi connectivity index (χ0) is 18.7. The summed E-state index contributed by atoms with van der Waals surface area (Å²) in [7, 11) is 0. The number of hydrogen-bond donors (Lipinski definition) is 2. The van der Waals surface area contributed by atoms with E-state index in [-0.39, 0.29) is 5.78 Å². The summed E-state index contributed by atoms with van der Waals surface area (Å²) < 4.78 is 0. The minimum Gasteiger partial charge on any atom is -0.354 e. The highest BCUT2D eigenvalue weighted by atomic mass is 16.1. The van der Waals surface area contributed by atoms with Gasteiger partial charge in [-0.3, -0.25) is 4.79 Å². The van der Waals surface area contributed by atoms with E-state index in [1.165, 1.54) is 0 Å². The molecule has 3 heteroatoms. The van der Waals surface area contributed by atoms with Crippen LogP contribution < -0.4 is 0 Å². The van der Waals surface area contributed by atoms with Crippen LogP contribution in [0.25, 0.3) is 43.6 Å². The number of fused-ring (bicyclic) bond motifs is 6. The molecule has 0 saturated carbocycles. The molecule has 3 nitrogen and oxygen atoms in total. The molecule has 0 atom stereocenters. The van der Waals surface area contributed by atoms with Crippen LogP contribution in [0, 0.1) is 0 Å². The summed E-state index contributed by atoms with van der Waals surface area (Å²) in [5.41, 5.74) is 5.52. The molecule has 0 radical (unpaired) electrons. The quantitative estimate of drug-likeness (QED) is 0.356. The van der Waals surface area contributed by atoms with Crippen LogP contribution in [-0.2, 0) is 0 Å². The van der Waals surface area contributed by atoms with Crippen LogP contribution in [0.5, 0.6) is 0 Å². The van der Waals surface area contributed by atoms with Crippen molar-refractivity contribution in [3.63, 3.8) is 0 Å². The van der Waals surface area contributed by atoms with Gasteiger partial charge < -0.3 is 9.97 Å². The van der Waals surface area contributed by atoms with E-state index in [0.717, 1.165) is 54.7 Å². The maximum absolute atomic E-state index is 13.7. The van der Waals surface area contributed by atoms with E-state index in [2.05, 4.69) is 22.1 Å². The molecule has 0 aliphatic carbocycles. The Balaban J connectivity index is 1.68. The molecule has 0 aliphatic heterocycles. The fourth-order valence-corrected chi connectivity index (χ4v) is 4.33. The van der Waals surface area contributed by atoms with E-state index < -0.39 is 0 Å². The van der Waals surface area contributed by atoms with Crippen molar-refractivity contribution in [3.05, 3.63) is 96.1 Å². The summed E-state index contributed by atoms with van der Waals surface area (Å²) in [4.78, 5) is 20.6. The maximum Gasteiger partial charge on any atom is 0.194 e. The van der Waals surface area contributed by atoms with Gasteiger partial charge in [0.1, 0.15) is 0 Å². The summed E-state index contributed by atoms with van der Waals surface area (Å²) in [6.07, 6.45) is 0. The molecule has 0 amide bonds. The van der Waals surface area contributed by atoms with E-state index in [1.807, 2.05) is 72.8 Å². The first-order valence-corrected chi connectivity index (χ1v) is 9.35. The van der Waals surface area contributed by atoms with Gasteiger partial charge in [0.05, 0.1) is 0 Å². The highest BCUT2D eigenvalue weighted by Crippen LogP contribution is 2.33. The average Bonchev–Trinajstić information content (AvgIpc) is 3.31. The molecule has 0 aliphatic rings. The lowest BCUT2D eigenvalue weighted by Gasteiger charge is -2.06. The van der Waals surface area contributed by atoms with Gasteiger partial charge in [-0.25, -0.2) is 0 Å². The van der Waals surface area contributed by atoms with Crippen molar-refractivity contribution in [3.8, 4) is 0 Å². The first-order chi connectivity index (χ1) is 13.8. The Morgan fingerprint density at radius 2 is 0.929 bits per heavy atom. The van der Waals surface area contributed by atoms with Gasteiger partial charge in [0.2, 0.25) is 0 Å². The van der Waals surface area contributed by atoms with Gasteiger partial charge in [-0.05, 0) is 24.3 Å². The van der Waals surface area contributed by atoms with Crippen molar-refractivity contribution < 1.29 is 4.79 Å². The molecule has 2 N–H and O–H groups in total. The fraction of sp³-hybridized carbons (Fsp3) is 0. The molecular weight excluding hydrogens is 344 g/mol. The summed E-state index contributed by atoms with van der Waals surface area (Å²) in [6, 6.07) is 28.1. The summed E-state index contributed by atoms with van der Waals surface area (Å²) in [5, 5.41) is 4.12. The third-order valence-electron chi connectivity index (χ3n) is 5.55. The Bertz CT molecular complexity index is 1420. The molecular formula is C25H16N2O. The molecule has 6 rings (SSSR count). The first-order valence-electron chi connectivity index (χ1n) is 9.35. The Morgan fingerprint density at radius 1 is 0.500 bits per heavy atom. The molecule has 132 valence electrons. The molecule has 28 heavy (non-hydrogen) atoms. The number of carbonyl (C=O) groups is 1. The van der Waals surface area contributed by atoms with E-state index in [0.29, 0.717) is 0 Å². The fourth-order valence-electron chi connectivity index (χ4n) is 4.33. The number of aromatic nitrogens is 2. The minimum atomic E-state index is 0.0470. The minimum absolute atomic E-state index is 0.0470. The number of ketones is 1. The smallest absolute Gasteiger partial charge is 0.194 e. The second kappa shape index (κ2) is 5.57. The molecule has 0 fully saturated rings.